The molecule has 0 saturated carbocycles. The number of hydrogen-bond donors (Lipinski definition) is 0. The van der Waals surface area contributed by atoms with Crippen LogP contribution in [0.5, 0.6) is 0 Å². The Kier molecular flexibility index (Phi) is 5.28. The first kappa shape index (κ1) is 13.2. The van der Waals surface area contributed by atoms with Crippen LogP contribution in [-0.4, -0.2) is 5.38 Å². The smallest absolute Gasteiger partial charge is 0.116 e. The second-order valence-electron chi connectivity index (χ2n) is 3.27. The Morgan fingerprint density at radius 3 is 2.47 bits per heavy atom. The highest BCUT2D eigenvalue weighted by molar-refractivity contribution is 6.60. The number of rotatable bonds is 3. The zero-order valence-corrected chi connectivity index (χ0v) is 11.1. The van der Waals surface area contributed by atoms with Crippen molar-refractivity contribution in [1.29, 1.82) is 0 Å². The molecule has 0 spiro atoms. The van der Waals surface area contributed by atoms with Gasteiger partial charge in [-0.15, -0.1) is 11.6 Å². The number of alkyl halides is 1. The van der Waals surface area contributed by atoms with Crippen LogP contribution in [0.2, 0.25) is 0 Å². The summed E-state index contributed by atoms with van der Waals surface area (Å²) < 4.78 is 0.0318. The Bertz CT molecular complexity index is 367. The predicted molar refractivity (Wildman–Crippen MR) is 69.1 cm³/mol. The molecular weight excluding hydrogens is 274 g/mol. The second-order valence-corrected chi connectivity index (χ2v) is 5.15. The van der Waals surface area contributed by atoms with Gasteiger partial charge in [-0.1, -0.05) is 64.6 Å². The first-order valence-corrected chi connectivity index (χ1v) is 5.98. The predicted octanol–water partition coefficient (Wildman–Crippen LogP) is 5.03. The molecule has 1 aromatic rings. The van der Waals surface area contributed by atoms with E-state index in [1.54, 1.807) is 0 Å². The average molecular weight is 284 g/mol. The van der Waals surface area contributed by atoms with Gasteiger partial charge in [-0.2, -0.15) is 0 Å². The zero-order valence-electron chi connectivity index (χ0n) is 8.11. The molecule has 0 amide bonds. The van der Waals surface area contributed by atoms with Crippen molar-refractivity contribution in [3.63, 3.8) is 0 Å². The molecule has 0 aliphatic rings. The third-order valence-corrected chi connectivity index (χ3v) is 3.49. The van der Waals surface area contributed by atoms with Gasteiger partial charge in [0.1, 0.15) is 4.49 Å². The fraction of sp³-hybridized carbons (Fsp3) is 0.273. The highest BCUT2D eigenvalue weighted by atomic mass is 35.5. The topological polar surface area (TPSA) is 0 Å². The molecule has 0 aliphatic heterocycles. The first-order valence-electron chi connectivity index (χ1n) is 4.41. The summed E-state index contributed by atoms with van der Waals surface area (Å²) in [5.41, 5.74) is 2.30. The molecule has 0 aromatic heterocycles. The maximum atomic E-state index is 6.05. The Hall–Kier alpha value is 0.120. The van der Waals surface area contributed by atoms with Gasteiger partial charge >= 0.3 is 0 Å². The number of benzene rings is 1. The van der Waals surface area contributed by atoms with Gasteiger partial charge in [-0.05, 0) is 18.9 Å². The molecule has 1 aromatic carbocycles. The van der Waals surface area contributed by atoms with E-state index in [1.165, 1.54) is 5.56 Å². The Labute approximate surface area is 110 Å². The van der Waals surface area contributed by atoms with E-state index in [0.717, 1.165) is 5.56 Å². The van der Waals surface area contributed by atoms with E-state index in [-0.39, 0.29) is 9.87 Å². The molecule has 0 bridgehead atoms. The van der Waals surface area contributed by atoms with E-state index in [1.807, 2.05) is 25.1 Å². The van der Waals surface area contributed by atoms with Crippen molar-refractivity contribution < 1.29 is 0 Å². The van der Waals surface area contributed by atoms with Crippen LogP contribution in [-0.2, 0) is 6.42 Å². The molecule has 0 nitrogen and oxygen atoms in total. The van der Waals surface area contributed by atoms with Gasteiger partial charge in [0.2, 0.25) is 0 Å². The SMILES string of the molecule is Cc1cccc(CC(Cl)C(Cl)=C(Cl)Cl)c1. The summed E-state index contributed by atoms with van der Waals surface area (Å²) in [5, 5.41) is -0.0834. The van der Waals surface area contributed by atoms with E-state index in [2.05, 4.69) is 6.07 Å². The molecule has 4 heteroatoms. The molecule has 1 rings (SSSR count). The van der Waals surface area contributed by atoms with Crippen LogP contribution in [0.4, 0.5) is 0 Å². The fourth-order valence-corrected chi connectivity index (χ4v) is 1.99. The van der Waals surface area contributed by atoms with E-state index in [9.17, 15) is 0 Å². The van der Waals surface area contributed by atoms with Crippen LogP contribution in [0, 0.1) is 6.92 Å². The van der Waals surface area contributed by atoms with Crippen LogP contribution in [0.25, 0.3) is 0 Å². The number of aryl methyl sites for hydroxylation is 1. The minimum absolute atomic E-state index is 0.0318. The van der Waals surface area contributed by atoms with Gasteiger partial charge in [-0.3, -0.25) is 0 Å². The van der Waals surface area contributed by atoms with Gasteiger partial charge in [0.15, 0.2) is 0 Å². The van der Waals surface area contributed by atoms with Gasteiger partial charge < -0.3 is 0 Å². The lowest BCUT2D eigenvalue weighted by molar-refractivity contribution is 0.991. The van der Waals surface area contributed by atoms with E-state index < -0.39 is 0 Å². The summed E-state index contributed by atoms with van der Waals surface area (Å²) >= 11 is 23.0. The quantitative estimate of drug-likeness (QED) is 0.683. The third kappa shape index (κ3) is 4.24. The molecule has 0 saturated heterocycles. The van der Waals surface area contributed by atoms with Gasteiger partial charge in [-0.25, -0.2) is 0 Å². The van der Waals surface area contributed by atoms with Crippen molar-refractivity contribution in [1.82, 2.24) is 0 Å². The van der Waals surface area contributed by atoms with Crippen molar-refractivity contribution in [2.75, 3.05) is 0 Å². The van der Waals surface area contributed by atoms with Crippen LogP contribution in [0.3, 0.4) is 0 Å². The van der Waals surface area contributed by atoms with Crippen molar-refractivity contribution >= 4 is 46.4 Å². The monoisotopic (exact) mass is 282 g/mol. The molecule has 0 fully saturated rings. The number of halogens is 4. The standard InChI is InChI=1S/C11H10Cl4/c1-7-3-2-4-8(5-7)6-9(12)10(13)11(14)15/h2-5,9H,6H2,1H3. The maximum Gasteiger partial charge on any atom is 0.122 e. The minimum atomic E-state index is -0.376. The number of hydrogen-bond acceptors (Lipinski definition) is 0. The molecule has 0 radical (unpaired) electrons. The molecule has 0 heterocycles. The molecule has 82 valence electrons. The number of allylic oxidation sites excluding steroid dienone is 1. The minimum Gasteiger partial charge on any atom is -0.116 e. The normalized spacial score (nSPS) is 12.3. The molecule has 0 N–H and O–H groups in total. The lowest BCUT2D eigenvalue weighted by Gasteiger charge is -2.09. The summed E-state index contributed by atoms with van der Waals surface area (Å²) in [6.07, 6.45) is 0.616. The zero-order chi connectivity index (χ0) is 11.4. The van der Waals surface area contributed by atoms with Crippen molar-refractivity contribution in [2.45, 2.75) is 18.7 Å². The van der Waals surface area contributed by atoms with E-state index >= 15 is 0 Å². The molecule has 15 heavy (non-hydrogen) atoms. The summed E-state index contributed by atoms with van der Waals surface area (Å²) in [4.78, 5) is 0. The van der Waals surface area contributed by atoms with Crippen molar-refractivity contribution in [2.24, 2.45) is 0 Å². The lowest BCUT2D eigenvalue weighted by Crippen LogP contribution is -2.04. The highest BCUT2D eigenvalue weighted by Gasteiger charge is 2.13. The Morgan fingerprint density at radius 2 is 1.93 bits per heavy atom. The van der Waals surface area contributed by atoms with E-state index in [0.29, 0.717) is 11.5 Å². The Morgan fingerprint density at radius 1 is 1.27 bits per heavy atom. The maximum absolute atomic E-state index is 6.05. The van der Waals surface area contributed by atoms with Crippen LogP contribution < -0.4 is 0 Å². The third-order valence-electron chi connectivity index (χ3n) is 1.95. The van der Waals surface area contributed by atoms with Crippen molar-refractivity contribution in [3.8, 4) is 0 Å². The van der Waals surface area contributed by atoms with Crippen LogP contribution in [0.15, 0.2) is 33.8 Å². The van der Waals surface area contributed by atoms with Crippen LogP contribution in [0.1, 0.15) is 11.1 Å². The molecular formula is C11H10Cl4. The molecule has 1 unspecified atom stereocenters. The van der Waals surface area contributed by atoms with Gasteiger partial charge in [0, 0.05) is 0 Å². The Balaban J connectivity index is 2.75. The summed E-state index contributed by atoms with van der Waals surface area (Å²) in [7, 11) is 0. The summed E-state index contributed by atoms with van der Waals surface area (Å²) in [5.74, 6) is 0. The first-order chi connectivity index (χ1) is 7.00. The lowest BCUT2D eigenvalue weighted by atomic mass is 10.1. The van der Waals surface area contributed by atoms with Gasteiger partial charge in [0.05, 0.1) is 10.4 Å². The fourth-order valence-electron chi connectivity index (χ4n) is 1.25. The van der Waals surface area contributed by atoms with Crippen molar-refractivity contribution in [3.05, 3.63) is 44.9 Å². The highest BCUT2D eigenvalue weighted by Crippen LogP contribution is 2.26. The largest absolute Gasteiger partial charge is 0.122 e. The average Bonchev–Trinajstić information content (AvgIpc) is 2.16. The second kappa shape index (κ2) is 6.00. The van der Waals surface area contributed by atoms with E-state index in [4.69, 9.17) is 46.4 Å². The summed E-state index contributed by atoms with van der Waals surface area (Å²) in [6, 6.07) is 8.06. The van der Waals surface area contributed by atoms with Crippen LogP contribution >= 0.6 is 46.4 Å². The molecule has 0 aliphatic carbocycles. The molecule has 1 atom stereocenters. The summed E-state index contributed by atoms with van der Waals surface area (Å²) in [6.45, 7) is 2.03. The van der Waals surface area contributed by atoms with Gasteiger partial charge in [0.25, 0.3) is 0 Å².